The van der Waals surface area contributed by atoms with Gasteiger partial charge in [0.15, 0.2) is 0 Å². The maximum Gasteiger partial charge on any atom is 0.125 e. The van der Waals surface area contributed by atoms with E-state index in [0.717, 1.165) is 23.0 Å². The summed E-state index contributed by atoms with van der Waals surface area (Å²) >= 11 is 0. The fourth-order valence-electron chi connectivity index (χ4n) is 1.96. The summed E-state index contributed by atoms with van der Waals surface area (Å²) in [5, 5.41) is 8.98. The zero-order chi connectivity index (χ0) is 13.7. The summed E-state index contributed by atoms with van der Waals surface area (Å²) < 4.78 is 13.1. The van der Waals surface area contributed by atoms with E-state index >= 15 is 0 Å². The number of halogens is 1. The molecule has 2 aromatic carbocycles. The fraction of sp³-hybridized carbons (Fsp3) is 0.188. The number of aliphatic hydroxyl groups excluding tert-OH is 1. The van der Waals surface area contributed by atoms with Crippen LogP contribution in [-0.4, -0.2) is 18.0 Å². The third-order valence-corrected chi connectivity index (χ3v) is 3.04. The van der Waals surface area contributed by atoms with E-state index in [1.807, 2.05) is 30.3 Å². The lowest BCUT2D eigenvalue weighted by atomic mass is 9.98. The Labute approximate surface area is 111 Å². The van der Waals surface area contributed by atoms with Crippen molar-refractivity contribution in [3.05, 3.63) is 59.9 Å². The molecule has 0 radical (unpaired) electrons. The molecule has 0 saturated heterocycles. The Morgan fingerprint density at radius 3 is 2.42 bits per heavy atom. The third-order valence-electron chi connectivity index (χ3n) is 3.04. The van der Waals surface area contributed by atoms with Crippen molar-refractivity contribution < 1.29 is 14.3 Å². The van der Waals surface area contributed by atoms with Gasteiger partial charge in [0.2, 0.25) is 0 Å². The first-order valence-corrected chi connectivity index (χ1v) is 6.14. The smallest absolute Gasteiger partial charge is 0.125 e. The van der Waals surface area contributed by atoms with E-state index in [4.69, 9.17) is 5.11 Å². The van der Waals surface area contributed by atoms with Gasteiger partial charge >= 0.3 is 0 Å². The number of carbonyl (C=O) groups excluding carboxylic acids is 1. The van der Waals surface area contributed by atoms with Gasteiger partial charge in [0.25, 0.3) is 0 Å². The first-order chi connectivity index (χ1) is 9.22. The van der Waals surface area contributed by atoms with Gasteiger partial charge < -0.3 is 9.90 Å². The Balaban J connectivity index is 2.16. The van der Waals surface area contributed by atoms with Crippen LogP contribution in [-0.2, 0) is 11.2 Å². The molecule has 2 aromatic rings. The SMILES string of the molecule is O=CC(CO)Cc1ccc(-c2cccc(F)c2)cc1. The van der Waals surface area contributed by atoms with Crippen LogP contribution in [0.2, 0.25) is 0 Å². The molecule has 1 unspecified atom stereocenters. The average molecular weight is 258 g/mol. The first kappa shape index (κ1) is 13.4. The largest absolute Gasteiger partial charge is 0.396 e. The molecule has 19 heavy (non-hydrogen) atoms. The second-order valence-corrected chi connectivity index (χ2v) is 4.49. The average Bonchev–Trinajstić information content (AvgIpc) is 2.45. The van der Waals surface area contributed by atoms with Crippen LogP contribution >= 0.6 is 0 Å². The predicted molar refractivity (Wildman–Crippen MR) is 72.2 cm³/mol. The molecule has 0 fully saturated rings. The Kier molecular flexibility index (Phi) is 4.42. The van der Waals surface area contributed by atoms with Gasteiger partial charge in [-0.05, 0) is 35.2 Å². The number of hydrogen-bond acceptors (Lipinski definition) is 2. The molecular weight excluding hydrogens is 243 g/mol. The molecule has 0 aromatic heterocycles. The lowest BCUT2D eigenvalue weighted by Gasteiger charge is -2.08. The van der Waals surface area contributed by atoms with Crippen LogP contribution in [0.5, 0.6) is 0 Å². The first-order valence-electron chi connectivity index (χ1n) is 6.14. The molecule has 1 N–H and O–H groups in total. The van der Waals surface area contributed by atoms with Crippen molar-refractivity contribution in [2.75, 3.05) is 6.61 Å². The van der Waals surface area contributed by atoms with Gasteiger partial charge in [-0.1, -0.05) is 36.4 Å². The topological polar surface area (TPSA) is 37.3 Å². The Bertz CT molecular complexity index is 549. The molecule has 2 rings (SSSR count). The van der Waals surface area contributed by atoms with Crippen molar-refractivity contribution in [2.24, 2.45) is 5.92 Å². The number of aliphatic hydroxyl groups is 1. The molecule has 0 aliphatic heterocycles. The highest BCUT2D eigenvalue weighted by Gasteiger charge is 2.07. The van der Waals surface area contributed by atoms with Gasteiger partial charge in [0.1, 0.15) is 12.1 Å². The summed E-state index contributed by atoms with van der Waals surface area (Å²) in [5.41, 5.74) is 2.72. The summed E-state index contributed by atoms with van der Waals surface area (Å²) in [6.45, 7) is -0.144. The quantitative estimate of drug-likeness (QED) is 0.837. The van der Waals surface area contributed by atoms with Crippen LogP contribution < -0.4 is 0 Å². The Hall–Kier alpha value is -2.00. The van der Waals surface area contributed by atoms with Crippen molar-refractivity contribution in [2.45, 2.75) is 6.42 Å². The summed E-state index contributed by atoms with van der Waals surface area (Å²) in [7, 11) is 0. The molecule has 0 bridgehead atoms. The molecule has 0 aliphatic rings. The molecule has 3 heteroatoms. The number of carbonyl (C=O) groups is 1. The minimum atomic E-state index is -0.361. The van der Waals surface area contributed by atoms with Crippen LogP contribution in [0, 0.1) is 11.7 Å². The molecule has 98 valence electrons. The fourth-order valence-corrected chi connectivity index (χ4v) is 1.96. The van der Waals surface area contributed by atoms with Gasteiger partial charge in [-0.15, -0.1) is 0 Å². The molecule has 2 nitrogen and oxygen atoms in total. The normalized spacial score (nSPS) is 12.1. The second-order valence-electron chi connectivity index (χ2n) is 4.49. The maximum atomic E-state index is 13.1. The molecule has 0 aliphatic carbocycles. The van der Waals surface area contributed by atoms with E-state index in [-0.39, 0.29) is 18.3 Å². The molecule has 0 amide bonds. The van der Waals surface area contributed by atoms with Crippen molar-refractivity contribution in [1.29, 1.82) is 0 Å². The molecule has 0 saturated carbocycles. The van der Waals surface area contributed by atoms with Gasteiger partial charge in [-0.2, -0.15) is 0 Å². The third kappa shape index (κ3) is 3.48. The van der Waals surface area contributed by atoms with Crippen LogP contribution in [0.4, 0.5) is 4.39 Å². The maximum absolute atomic E-state index is 13.1. The van der Waals surface area contributed by atoms with Crippen molar-refractivity contribution in [3.8, 4) is 11.1 Å². The standard InChI is InChI=1S/C16H15FO2/c17-16-3-1-2-15(9-16)14-6-4-12(5-7-14)8-13(10-18)11-19/h1-7,9-10,13,19H,8,11H2. The van der Waals surface area contributed by atoms with E-state index in [1.165, 1.54) is 12.1 Å². The summed E-state index contributed by atoms with van der Waals surface area (Å²) in [5.74, 6) is -0.622. The van der Waals surface area contributed by atoms with E-state index in [1.54, 1.807) is 6.07 Å². The second kappa shape index (κ2) is 6.25. The lowest BCUT2D eigenvalue weighted by Crippen LogP contribution is -2.10. The van der Waals surface area contributed by atoms with Crippen molar-refractivity contribution in [3.63, 3.8) is 0 Å². The highest BCUT2D eigenvalue weighted by atomic mass is 19.1. The summed E-state index contributed by atoms with van der Waals surface area (Å²) in [6, 6.07) is 14.0. The number of rotatable bonds is 5. The van der Waals surface area contributed by atoms with Crippen LogP contribution in [0.25, 0.3) is 11.1 Å². The zero-order valence-electron chi connectivity index (χ0n) is 10.4. The Morgan fingerprint density at radius 2 is 1.84 bits per heavy atom. The summed E-state index contributed by atoms with van der Waals surface area (Å²) in [4.78, 5) is 10.7. The van der Waals surface area contributed by atoms with Crippen molar-refractivity contribution >= 4 is 6.29 Å². The van der Waals surface area contributed by atoms with Gasteiger partial charge in [-0.3, -0.25) is 0 Å². The van der Waals surface area contributed by atoms with Crippen molar-refractivity contribution in [1.82, 2.24) is 0 Å². The van der Waals surface area contributed by atoms with Gasteiger partial charge in [0, 0.05) is 5.92 Å². The highest BCUT2D eigenvalue weighted by Crippen LogP contribution is 2.21. The van der Waals surface area contributed by atoms with Crippen LogP contribution in [0.1, 0.15) is 5.56 Å². The molecule has 1 atom stereocenters. The van der Waals surface area contributed by atoms with E-state index in [9.17, 15) is 9.18 Å². The monoisotopic (exact) mass is 258 g/mol. The van der Waals surface area contributed by atoms with Crippen LogP contribution in [0.15, 0.2) is 48.5 Å². The number of aldehydes is 1. The van der Waals surface area contributed by atoms with E-state index in [0.29, 0.717) is 6.42 Å². The molecule has 0 spiro atoms. The summed E-state index contributed by atoms with van der Waals surface area (Å²) in [6.07, 6.45) is 1.28. The molecular formula is C16H15FO2. The lowest BCUT2D eigenvalue weighted by molar-refractivity contribution is -0.112. The van der Waals surface area contributed by atoms with E-state index < -0.39 is 0 Å². The minimum Gasteiger partial charge on any atom is -0.396 e. The highest BCUT2D eigenvalue weighted by molar-refractivity contribution is 5.63. The van der Waals surface area contributed by atoms with E-state index in [2.05, 4.69) is 0 Å². The zero-order valence-corrected chi connectivity index (χ0v) is 10.4. The van der Waals surface area contributed by atoms with Crippen LogP contribution in [0.3, 0.4) is 0 Å². The minimum absolute atomic E-state index is 0.144. The molecule has 0 heterocycles. The Morgan fingerprint density at radius 1 is 1.11 bits per heavy atom. The predicted octanol–water partition coefficient (Wildman–Crippen LogP) is 2.84. The van der Waals surface area contributed by atoms with Gasteiger partial charge in [0.05, 0.1) is 6.61 Å². The van der Waals surface area contributed by atoms with Gasteiger partial charge in [-0.25, -0.2) is 4.39 Å². The number of hydrogen-bond donors (Lipinski definition) is 1. The number of benzene rings is 2.